The van der Waals surface area contributed by atoms with E-state index in [0.29, 0.717) is 35.3 Å². The highest BCUT2D eigenvalue weighted by atomic mass is 35.5. The smallest absolute Gasteiger partial charge is 0.179 e. The number of aliphatic hydroxyl groups is 1. The lowest BCUT2D eigenvalue weighted by Crippen LogP contribution is -2.02. The topological polar surface area (TPSA) is 38.7 Å². The molecule has 0 saturated heterocycles. The fourth-order valence-electron chi connectivity index (χ4n) is 2.44. The van der Waals surface area contributed by atoms with Crippen molar-refractivity contribution in [1.82, 2.24) is 0 Å². The minimum absolute atomic E-state index is 0.469. The molecule has 0 radical (unpaired) electrons. The minimum Gasteiger partial charge on any atom is -0.489 e. The van der Waals surface area contributed by atoms with Gasteiger partial charge in [-0.1, -0.05) is 41.4 Å². The van der Waals surface area contributed by atoms with Gasteiger partial charge in [0.25, 0.3) is 0 Å². The fraction of sp³-hybridized carbons (Fsp3) is 0.294. The van der Waals surface area contributed by atoms with Crippen molar-refractivity contribution < 1.29 is 14.6 Å². The Bertz CT molecular complexity index is 654. The third-order valence-corrected chi connectivity index (χ3v) is 3.78. The van der Waals surface area contributed by atoms with Crippen LogP contribution >= 0.6 is 11.6 Å². The van der Waals surface area contributed by atoms with Gasteiger partial charge in [-0.2, -0.15) is 0 Å². The monoisotopic (exact) mass is 304 g/mol. The molecule has 0 spiro atoms. The predicted octanol–water partition coefficient (Wildman–Crippen LogP) is 3.89. The lowest BCUT2D eigenvalue weighted by molar-refractivity contribution is 0.219. The second-order valence-corrected chi connectivity index (χ2v) is 5.60. The normalized spacial score (nSPS) is 15.4. The Kier molecular flexibility index (Phi) is 4.04. The van der Waals surface area contributed by atoms with Gasteiger partial charge in [0.1, 0.15) is 6.10 Å². The number of aryl methyl sites for hydroxylation is 1. The highest BCUT2D eigenvalue weighted by molar-refractivity contribution is 6.32. The van der Waals surface area contributed by atoms with Gasteiger partial charge in [0, 0.05) is 6.42 Å². The highest BCUT2D eigenvalue weighted by Gasteiger charge is 2.19. The molecular formula is C17H17ClO3. The lowest BCUT2D eigenvalue weighted by Gasteiger charge is -2.16. The summed E-state index contributed by atoms with van der Waals surface area (Å²) in [4.78, 5) is 0. The van der Waals surface area contributed by atoms with Crippen LogP contribution in [0.15, 0.2) is 36.4 Å². The molecule has 0 aromatic heterocycles. The second-order valence-electron chi connectivity index (χ2n) is 5.20. The van der Waals surface area contributed by atoms with Gasteiger partial charge in [-0.3, -0.25) is 0 Å². The van der Waals surface area contributed by atoms with Gasteiger partial charge in [-0.05, 0) is 30.2 Å². The summed E-state index contributed by atoms with van der Waals surface area (Å²) in [5.41, 5.74) is 2.64. The van der Waals surface area contributed by atoms with E-state index in [4.69, 9.17) is 21.1 Å². The third-order valence-electron chi connectivity index (χ3n) is 3.50. The summed E-state index contributed by atoms with van der Waals surface area (Å²) in [6.07, 6.45) is 0.0837. The molecule has 21 heavy (non-hydrogen) atoms. The van der Waals surface area contributed by atoms with Crippen molar-refractivity contribution in [2.45, 2.75) is 19.4 Å². The van der Waals surface area contributed by atoms with Crippen LogP contribution in [-0.2, 0) is 0 Å². The molecule has 4 heteroatoms. The maximum absolute atomic E-state index is 10.6. The Morgan fingerprint density at radius 2 is 1.90 bits per heavy atom. The number of aliphatic hydroxyl groups excluding tert-OH is 1. The number of fused-ring (bicyclic) bond motifs is 1. The molecule has 110 valence electrons. The molecule has 1 aliphatic rings. The molecule has 0 aliphatic carbocycles. The van der Waals surface area contributed by atoms with Gasteiger partial charge in [-0.15, -0.1) is 0 Å². The van der Waals surface area contributed by atoms with E-state index in [9.17, 15) is 5.11 Å². The Hall–Kier alpha value is -1.71. The van der Waals surface area contributed by atoms with Crippen molar-refractivity contribution in [3.05, 3.63) is 58.1 Å². The standard InChI is InChI=1S/C17H17ClO3/c1-11-4-2-5-12(8-11)16(19)13-9-14(18)17-15(10-13)20-6-3-7-21-17/h2,4-5,8-10,16,19H,3,6-7H2,1H3. The molecule has 1 heterocycles. The van der Waals surface area contributed by atoms with Crippen LogP contribution in [0.2, 0.25) is 5.02 Å². The van der Waals surface area contributed by atoms with E-state index in [1.165, 1.54) is 0 Å². The first-order valence-corrected chi connectivity index (χ1v) is 7.36. The van der Waals surface area contributed by atoms with E-state index in [1.54, 1.807) is 12.1 Å². The van der Waals surface area contributed by atoms with Crippen molar-refractivity contribution in [1.29, 1.82) is 0 Å². The largest absolute Gasteiger partial charge is 0.489 e. The maximum Gasteiger partial charge on any atom is 0.179 e. The number of benzene rings is 2. The lowest BCUT2D eigenvalue weighted by atomic mass is 9.99. The average Bonchev–Trinajstić information content (AvgIpc) is 2.72. The van der Waals surface area contributed by atoms with E-state index >= 15 is 0 Å². The molecule has 1 unspecified atom stereocenters. The van der Waals surface area contributed by atoms with Crippen molar-refractivity contribution in [3.8, 4) is 11.5 Å². The first-order chi connectivity index (χ1) is 10.1. The van der Waals surface area contributed by atoms with Crippen LogP contribution in [0.1, 0.15) is 29.2 Å². The summed E-state index contributed by atoms with van der Waals surface area (Å²) in [6, 6.07) is 11.3. The number of rotatable bonds is 2. The SMILES string of the molecule is Cc1cccc(C(O)c2cc(Cl)c3c(c2)OCCCO3)c1. The van der Waals surface area contributed by atoms with E-state index in [0.717, 1.165) is 17.5 Å². The van der Waals surface area contributed by atoms with Crippen LogP contribution in [0.25, 0.3) is 0 Å². The Balaban J connectivity index is 1.99. The third kappa shape index (κ3) is 2.99. The van der Waals surface area contributed by atoms with Crippen LogP contribution in [0, 0.1) is 6.92 Å². The molecule has 1 N–H and O–H groups in total. The van der Waals surface area contributed by atoms with Crippen LogP contribution in [0.3, 0.4) is 0 Å². The zero-order chi connectivity index (χ0) is 14.8. The first kappa shape index (κ1) is 14.2. The van der Waals surface area contributed by atoms with Crippen LogP contribution < -0.4 is 9.47 Å². The summed E-state index contributed by atoms with van der Waals surface area (Å²) in [7, 11) is 0. The van der Waals surface area contributed by atoms with Crippen LogP contribution in [0.4, 0.5) is 0 Å². The number of halogens is 1. The van der Waals surface area contributed by atoms with Crippen molar-refractivity contribution in [2.24, 2.45) is 0 Å². The molecule has 3 nitrogen and oxygen atoms in total. The first-order valence-electron chi connectivity index (χ1n) is 6.99. The molecule has 0 fully saturated rings. The number of hydrogen-bond acceptors (Lipinski definition) is 3. The molecular weight excluding hydrogens is 288 g/mol. The molecule has 0 bridgehead atoms. The summed E-state index contributed by atoms with van der Waals surface area (Å²) < 4.78 is 11.3. The summed E-state index contributed by atoms with van der Waals surface area (Å²) in [5.74, 6) is 1.16. The maximum atomic E-state index is 10.6. The predicted molar refractivity (Wildman–Crippen MR) is 82.3 cm³/mol. The zero-order valence-corrected chi connectivity index (χ0v) is 12.6. The van der Waals surface area contributed by atoms with Crippen molar-refractivity contribution in [3.63, 3.8) is 0 Å². The van der Waals surface area contributed by atoms with Crippen LogP contribution in [0.5, 0.6) is 11.5 Å². The molecule has 2 aromatic rings. The number of hydrogen-bond donors (Lipinski definition) is 1. The van der Waals surface area contributed by atoms with E-state index in [1.807, 2.05) is 31.2 Å². The quantitative estimate of drug-likeness (QED) is 0.915. The van der Waals surface area contributed by atoms with Gasteiger partial charge >= 0.3 is 0 Å². The van der Waals surface area contributed by atoms with Gasteiger partial charge in [0.2, 0.25) is 0 Å². The van der Waals surface area contributed by atoms with Crippen LogP contribution in [-0.4, -0.2) is 18.3 Å². The summed E-state index contributed by atoms with van der Waals surface area (Å²) in [6.45, 7) is 3.18. The summed E-state index contributed by atoms with van der Waals surface area (Å²) >= 11 is 6.27. The second kappa shape index (κ2) is 5.96. The minimum atomic E-state index is -0.737. The molecule has 1 atom stereocenters. The van der Waals surface area contributed by atoms with Crippen molar-refractivity contribution >= 4 is 11.6 Å². The molecule has 1 aliphatic heterocycles. The van der Waals surface area contributed by atoms with E-state index in [-0.39, 0.29) is 0 Å². The average molecular weight is 305 g/mol. The van der Waals surface area contributed by atoms with Gasteiger partial charge in [-0.25, -0.2) is 0 Å². The number of ether oxygens (including phenoxy) is 2. The molecule has 0 saturated carbocycles. The Labute approximate surface area is 129 Å². The Morgan fingerprint density at radius 3 is 2.71 bits per heavy atom. The zero-order valence-electron chi connectivity index (χ0n) is 11.8. The molecule has 2 aromatic carbocycles. The van der Waals surface area contributed by atoms with Gasteiger partial charge in [0.15, 0.2) is 11.5 Å². The fourth-order valence-corrected chi connectivity index (χ4v) is 2.71. The Morgan fingerprint density at radius 1 is 1.10 bits per heavy atom. The van der Waals surface area contributed by atoms with Gasteiger partial charge in [0.05, 0.1) is 18.2 Å². The van der Waals surface area contributed by atoms with E-state index in [2.05, 4.69) is 0 Å². The highest BCUT2D eigenvalue weighted by Crippen LogP contribution is 2.40. The van der Waals surface area contributed by atoms with Gasteiger partial charge < -0.3 is 14.6 Å². The molecule has 3 rings (SSSR count). The molecule has 0 amide bonds. The van der Waals surface area contributed by atoms with Crippen molar-refractivity contribution in [2.75, 3.05) is 13.2 Å². The summed E-state index contributed by atoms with van der Waals surface area (Å²) in [5, 5.41) is 11.0. The van der Waals surface area contributed by atoms with E-state index < -0.39 is 6.10 Å².